The number of ketones is 1. The van der Waals surface area contributed by atoms with E-state index in [1.54, 1.807) is 19.9 Å². The number of halogens is 4. The van der Waals surface area contributed by atoms with Crippen molar-refractivity contribution in [3.63, 3.8) is 0 Å². The van der Waals surface area contributed by atoms with Crippen LogP contribution in [0.25, 0.3) is 0 Å². The highest BCUT2D eigenvalue weighted by Crippen LogP contribution is 2.54. The van der Waals surface area contributed by atoms with Crippen molar-refractivity contribution in [2.75, 3.05) is 13.2 Å². The van der Waals surface area contributed by atoms with Crippen LogP contribution < -0.4 is 4.74 Å². The highest BCUT2D eigenvalue weighted by molar-refractivity contribution is 6.09. The Morgan fingerprint density at radius 1 is 1.17 bits per heavy atom. The van der Waals surface area contributed by atoms with Gasteiger partial charge in [0.15, 0.2) is 0 Å². The molecule has 2 unspecified atom stereocenters. The molecule has 2 aliphatic heterocycles. The second-order valence-electron chi connectivity index (χ2n) is 7.08. The molecule has 0 saturated heterocycles. The Hall–Kier alpha value is -2.71. The average Bonchev–Trinajstić information content (AvgIpc) is 3.08. The monoisotopic (exact) mass is 422 g/mol. The number of fused-ring (bicyclic) bond motifs is 1. The molecule has 0 aromatic heterocycles. The molecule has 2 aliphatic rings. The Balaban J connectivity index is 2.04. The molecule has 0 saturated carbocycles. The minimum atomic E-state index is -4.62. The summed E-state index contributed by atoms with van der Waals surface area (Å²) >= 11 is 0. The summed E-state index contributed by atoms with van der Waals surface area (Å²) in [5.74, 6) is -3.43. The predicted molar refractivity (Wildman–Crippen MR) is 98.5 cm³/mol. The normalized spacial score (nSPS) is 25.8. The minimum Gasteiger partial charge on any atom is -0.453 e. The van der Waals surface area contributed by atoms with Crippen molar-refractivity contribution in [1.82, 2.24) is 0 Å². The standard InChI is InChI=1S/C22H18F4O4/c1-3-28-21(14-5-4-6-15(11-14)22(24,25)26)20(13(2)9-10-29-20)19(27)17-8-7-16(23)12-18(17)30-21/h4-9,11-12H,3,10H2,1-2H3. The second-order valence-corrected chi connectivity index (χ2v) is 7.08. The molecule has 8 heteroatoms. The van der Waals surface area contributed by atoms with Crippen molar-refractivity contribution in [3.05, 3.63) is 76.6 Å². The molecule has 1 spiro atoms. The van der Waals surface area contributed by atoms with Gasteiger partial charge >= 0.3 is 6.18 Å². The van der Waals surface area contributed by atoms with Crippen molar-refractivity contribution < 1.29 is 36.6 Å². The zero-order valence-electron chi connectivity index (χ0n) is 16.2. The molecule has 2 atom stereocenters. The Morgan fingerprint density at radius 3 is 2.57 bits per heavy atom. The fourth-order valence-electron chi connectivity index (χ4n) is 4.06. The van der Waals surface area contributed by atoms with Crippen LogP contribution in [0, 0.1) is 5.82 Å². The number of carbonyl (C=O) groups excluding carboxylic acids is 1. The third-order valence-electron chi connectivity index (χ3n) is 5.39. The van der Waals surface area contributed by atoms with Gasteiger partial charge in [-0.25, -0.2) is 4.39 Å². The molecule has 30 heavy (non-hydrogen) atoms. The van der Waals surface area contributed by atoms with Crippen LogP contribution in [-0.4, -0.2) is 24.6 Å². The number of hydrogen-bond donors (Lipinski definition) is 0. The van der Waals surface area contributed by atoms with Crippen LogP contribution in [0.3, 0.4) is 0 Å². The zero-order chi connectivity index (χ0) is 21.7. The van der Waals surface area contributed by atoms with E-state index in [-0.39, 0.29) is 30.1 Å². The molecule has 0 amide bonds. The summed E-state index contributed by atoms with van der Waals surface area (Å²) in [6.07, 6.45) is -2.97. The number of Topliss-reactive ketones (excluding diaryl/α,β-unsaturated/α-hetero) is 1. The molecule has 0 N–H and O–H groups in total. The maximum atomic E-state index is 13.9. The molecule has 0 aliphatic carbocycles. The summed E-state index contributed by atoms with van der Waals surface area (Å²) in [6.45, 7) is 3.29. The van der Waals surface area contributed by atoms with Gasteiger partial charge in [0, 0.05) is 18.2 Å². The fourth-order valence-corrected chi connectivity index (χ4v) is 4.06. The van der Waals surface area contributed by atoms with Crippen molar-refractivity contribution in [2.45, 2.75) is 31.4 Å². The van der Waals surface area contributed by atoms with Gasteiger partial charge in [-0.3, -0.25) is 4.79 Å². The lowest BCUT2D eigenvalue weighted by atomic mass is 9.74. The van der Waals surface area contributed by atoms with Crippen LogP contribution in [0.1, 0.15) is 35.3 Å². The number of carbonyl (C=O) groups is 1. The van der Waals surface area contributed by atoms with E-state index < -0.39 is 34.7 Å². The van der Waals surface area contributed by atoms with Crippen molar-refractivity contribution in [1.29, 1.82) is 0 Å². The molecule has 0 bridgehead atoms. The Morgan fingerprint density at radius 2 is 1.93 bits per heavy atom. The highest BCUT2D eigenvalue weighted by Gasteiger charge is 2.67. The first-order chi connectivity index (χ1) is 14.2. The van der Waals surface area contributed by atoms with E-state index in [4.69, 9.17) is 14.2 Å². The van der Waals surface area contributed by atoms with Crippen LogP contribution in [0.4, 0.5) is 17.6 Å². The Labute approximate surface area is 170 Å². The first-order valence-electron chi connectivity index (χ1n) is 9.32. The quantitative estimate of drug-likeness (QED) is 0.515. The van der Waals surface area contributed by atoms with E-state index >= 15 is 0 Å². The maximum absolute atomic E-state index is 13.9. The molecule has 4 nitrogen and oxygen atoms in total. The molecule has 0 radical (unpaired) electrons. The zero-order valence-corrected chi connectivity index (χ0v) is 16.2. The molecular formula is C22H18F4O4. The lowest BCUT2D eigenvalue weighted by molar-refractivity contribution is -0.271. The third-order valence-corrected chi connectivity index (χ3v) is 5.39. The van der Waals surface area contributed by atoms with E-state index in [2.05, 4.69) is 0 Å². The number of benzene rings is 2. The summed E-state index contributed by atoms with van der Waals surface area (Å²) in [4.78, 5) is 13.6. The van der Waals surface area contributed by atoms with Gasteiger partial charge in [0.1, 0.15) is 11.6 Å². The lowest BCUT2D eigenvalue weighted by Crippen LogP contribution is -2.65. The summed E-state index contributed by atoms with van der Waals surface area (Å²) in [5, 5.41) is 0. The Bertz CT molecular complexity index is 1050. The van der Waals surface area contributed by atoms with Crippen LogP contribution >= 0.6 is 0 Å². The van der Waals surface area contributed by atoms with E-state index in [1.165, 1.54) is 18.2 Å². The first-order valence-corrected chi connectivity index (χ1v) is 9.32. The Kier molecular flexibility index (Phi) is 4.74. The number of ether oxygens (including phenoxy) is 3. The SMILES string of the molecule is CCOC1(c2cccc(C(F)(F)F)c2)Oc2cc(F)ccc2C(=O)C12OCC=C2C. The van der Waals surface area contributed by atoms with Crippen molar-refractivity contribution in [3.8, 4) is 5.75 Å². The smallest absolute Gasteiger partial charge is 0.416 e. The average molecular weight is 422 g/mol. The summed E-state index contributed by atoms with van der Waals surface area (Å²) in [6, 6.07) is 7.74. The molecular weight excluding hydrogens is 404 g/mol. The molecule has 4 rings (SSSR count). The summed E-state index contributed by atoms with van der Waals surface area (Å²) in [7, 11) is 0. The molecule has 2 heterocycles. The molecule has 158 valence electrons. The third kappa shape index (κ3) is 2.78. The molecule has 0 fully saturated rings. The van der Waals surface area contributed by atoms with Gasteiger partial charge in [0.25, 0.3) is 5.79 Å². The van der Waals surface area contributed by atoms with Crippen LogP contribution in [0.5, 0.6) is 5.75 Å². The fraction of sp³-hybridized carbons (Fsp3) is 0.318. The van der Waals surface area contributed by atoms with Gasteiger partial charge in [0.2, 0.25) is 11.4 Å². The van der Waals surface area contributed by atoms with Gasteiger partial charge in [-0.15, -0.1) is 0 Å². The van der Waals surface area contributed by atoms with Gasteiger partial charge < -0.3 is 14.2 Å². The number of hydrogen-bond acceptors (Lipinski definition) is 4. The van der Waals surface area contributed by atoms with E-state index in [1.807, 2.05) is 0 Å². The highest BCUT2D eigenvalue weighted by atomic mass is 19.4. The van der Waals surface area contributed by atoms with Gasteiger partial charge in [-0.1, -0.05) is 18.2 Å². The van der Waals surface area contributed by atoms with Crippen molar-refractivity contribution in [2.24, 2.45) is 0 Å². The summed E-state index contributed by atoms with van der Waals surface area (Å²) in [5.41, 5.74) is -2.34. The molecule has 2 aromatic carbocycles. The second kappa shape index (κ2) is 6.92. The predicted octanol–water partition coefficient (Wildman–Crippen LogP) is 5.02. The lowest BCUT2D eigenvalue weighted by Gasteiger charge is -2.49. The van der Waals surface area contributed by atoms with Crippen LogP contribution in [-0.2, 0) is 21.4 Å². The largest absolute Gasteiger partial charge is 0.453 e. The van der Waals surface area contributed by atoms with Crippen LogP contribution in [0.2, 0.25) is 0 Å². The van der Waals surface area contributed by atoms with Crippen molar-refractivity contribution >= 4 is 5.78 Å². The number of rotatable bonds is 3. The van der Waals surface area contributed by atoms with E-state index in [0.717, 1.165) is 24.3 Å². The van der Waals surface area contributed by atoms with Gasteiger partial charge in [-0.2, -0.15) is 13.2 Å². The molecule has 2 aromatic rings. The maximum Gasteiger partial charge on any atom is 0.416 e. The van der Waals surface area contributed by atoms with E-state index in [9.17, 15) is 22.4 Å². The van der Waals surface area contributed by atoms with Crippen LogP contribution in [0.15, 0.2) is 54.1 Å². The minimum absolute atomic E-state index is 0.00738. The topological polar surface area (TPSA) is 44.8 Å². The van der Waals surface area contributed by atoms with E-state index in [0.29, 0.717) is 5.57 Å². The number of alkyl halides is 3. The first kappa shape index (κ1) is 20.6. The van der Waals surface area contributed by atoms with Gasteiger partial charge in [0.05, 0.1) is 17.7 Å². The summed E-state index contributed by atoms with van der Waals surface area (Å²) < 4.78 is 72.0. The van der Waals surface area contributed by atoms with Gasteiger partial charge in [-0.05, 0) is 43.7 Å².